The van der Waals surface area contributed by atoms with Gasteiger partial charge in [0.2, 0.25) is 5.91 Å². The van der Waals surface area contributed by atoms with Crippen molar-refractivity contribution in [2.45, 2.75) is 51.1 Å². The SMILES string of the molecule is CCN1CCCC1CNC(=O)[C@H]1CCCCN1. The van der Waals surface area contributed by atoms with E-state index in [-0.39, 0.29) is 11.9 Å². The molecule has 1 unspecified atom stereocenters. The average molecular weight is 239 g/mol. The minimum Gasteiger partial charge on any atom is -0.353 e. The van der Waals surface area contributed by atoms with Crippen LogP contribution in [0.2, 0.25) is 0 Å². The molecule has 1 amide bonds. The molecule has 0 radical (unpaired) electrons. The largest absolute Gasteiger partial charge is 0.353 e. The predicted octanol–water partition coefficient (Wildman–Crippen LogP) is 0.729. The van der Waals surface area contributed by atoms with E-state index in [0.717, 1.165) is 26.1 Å². The lowest BCUT2D eigenvalue weighted by Gasteiger charge is -2.26. The number of carbonyl (C=O) groups excluding carboxylic acids is 1. The molecule has 2 aliphatic heterocycles. The third kappa shape index (κ3) is 3.42. The summed E-state index contributed by atoms with van der Waals surface area (Å²) in [6, 6.07) is 0.618. The van der Waals surface area contributed by atoms with Gasteiger partial charge in [0.25, 0.3) is 0 Å². The second kappa shape index (κ2) is 6.36. The maximum absolute atomic E-state index is 12.0. The molecule has 0 bridgehead atoms. The molecule has 2 aliphatic rings. The van der Waals surface area contributed by atoms with Crippen molar-refractivity contribution in [2.75, 3.05) is 26.2 Å². The first-order chi connectivity index (χ1) is 8.31. The van der Waals surface area contributed by atoms with Crippen LogP contribution in [-0.4, -0.2) is 49.1 Å². The number of likely N-dealkylation sites (N-methyl/N-ethyl adjacent to an activating group) is 1. The molecule has 4 heteroatoms. The number of nitrogens with one attached hydrogen (secondary N) is 2. The van der Waals surface area contributed by atoms with Crippen LogP contribution < -0.4 is 10.6 Å². The fourth-order valence-electron chi connectivity index (χ4n) is 2.96. The first-order valence-electron chi connectivity index (χ1n) is 7.06. The van der Waals surface area contributed by atoms with Crippen molar-refractivity contribution in [3.63, 3.8) is 0 Å². The van der Waals surface area contributed by atoms with Crippen molar-refractivity contribution in [1.29, 1.82) is 0 Å². The summed E-state index contributed by atoms with van der Waals surface area (Å²) >= 11 is 0. The summed E-state index contributed by atoms with van der Waals surface area (Å²) in [5.74, 6) is 0.202. The molecule has 2 N–H and O–H groups in total. The number of carbonyl (C=O) groups is 1. The first-order valence-corrected chi connectivity index (χ1v) is 7.06. The first kappa shape index (κ1) is 12.8. The van der Waals surface area contributed by atoms with Crippen LogP contribution in [0.15, 0.2) is 0 Å². The zero-order valence-corrected chi connectivity index (χ0v) is 10.9. The summed E-state index contributed by atoms with van der Waals surface area (Å²) < 4.78 is 0. The Kier molecular flexibility index (Phi) is 4.80. The maximum Gasteiger partial charge on any atom is 0.237 e. The van der Waals surface area contributed by atoms with Gasteiger partial charge in [-0.25, -0.2) is 0 Å². The number of hydrogen-bond donors (Lipinski definition) is 2. The van der Waals surface area contributed by atoms with Gasteiger partial charge in [0.15, 0.2) is 0 Å². The fraction of sp³-hybridized carbons (Fsp3) is 0.923. The van der Waals surface area contributed by atoms with Gasteiger partial charge in [-0.15, -0.1) is 0 Å². The van der Waals surface area contributed by atoms with Crippen LogP contribution in [0.3, 0.4) is 0 Å². The van der Waals surface area contributed by atoms with Crippen LogP contribution in [0.5, 0.6) is 0 Å². The molecule has 2 heterocycles. The van der Waals surface area contributed by atoms with Gasteiger partial charge in [-0.2, -0.15) is 0 Å². The van der Waals surface area contributed by atoms with Gasteiger partial charge in [-0.3, -0.25) is 9.69 Å². The highest BCUT2D eigenvalue weighted by Crippen LogP contribution is 2.15. The summed E-state index contributed by atoms with van der Waals surface area (Å²) in [7, 11) is 0. The molecular formula is C13H25N3O. The standard InChI is InChI=1S/C13H25N3O/c1-2-16-9-5-6-11(16)10-15-13(17)12-7-3-4-8-14-12/h11-12,14H,2-10H2,1H3,(H,15,17)/t11?,12-/m1/s1. The van der Waals surface area contributed by atoms with E-state index in [1.807, 2.05) is 0 Å². The third-order valence-corrected chi connectivity index (χ3v) is 4.04. The van der Waals surface area contributed by atoms with Gasteiger partial charge in [0.1, 0.15) is 0 Å². The molecule has 17 heavy (non-hydrogen) atoms. The second-order valence-corrected chi connectivity index (χ2v) is 5.17. The zero-order chi connectivity index (χ0) is 12.1. The van der Waals surface area contributed by atoms with Gasteiger partial charge in [0, 0.05) is 12.6 Å². The molecule has 2 rings (SSSR count). The molecule has 2 fully saturated rings. The topological polar surface area (TPSA) is 44.4 Å². The van der Waals surface area contributed by atoms with E-state index >= 15 is 0 Å². The van der Waals surface area contributed by atoms with E-state index in [1.54, 1.807) is 0 Å². The molecular weight excluding hydrogens is 214 g/mol. The monoisotopic (exact) mass is 239 g/mol. The Labute approximate surface area is 104 Å². The van der Waals surface area contributed by atoms with Gasteiger partial charge in [-0.05, 0) is 45.3 Å². The lowest BCUT2D eigenvalue weighted by atomic mass is 10.0. The Hall–Kier alpha value is -0.610. The number of piperidine rings is 1. The summed E-state index contributed by atoms with van der Waals surface area (Å²) in [6.45, 7) is 6.30. The molecule has 0 aromatic heterocycles. The summed E-state index contributed by atoms with van der Waals surface area (Å²) in [4.78, 5) is 14.4. The molecule has 0 aromatic carbocycles. The number of likely N-dealkylation sites (tertiary alicyclic amines) is 1. The normalized spacial score (nSPS) is 30.4. The fourth-order valence-corrected chi connectivity index (χ4v) is 2.96. The molecule has 4 nitrogen and oxygen atoms in total. The summed E-state index contributed by atoms with van der Waals surface area (Å²) in [6.07, 6.45) is 5.88. The Morgan fingerprint density at radius 1 is 1.35 bits per heavy atom. The minimum atomic E-state index is 0.0558. The van der Waals surface area contributed by atoms with Crippen molar-refractivity contribution < 1.29 is 4.79 Å². The highest BCUT2D eigenvalue weighted by Gasteiger charge is 2.25. The highest BCUT2D eigenvalue weighted by molar-refractivity contribution is 5.81. The molecule has 0 aliphatic carbocycles. The van der Waals surface area contributed by atoms with Crippen LogP contribution in [-0.2, 0) is 4.79 Å². The van der Waals surface area contributed by atoms with Crippen molar-refractivity contribution in [2.24, 2.45) is 0 Å². The molecule has 0 spiro atoms. The second-order valence-electron chi connectivity index (χ2n) is 5.17. The quantitative estimate of drug-likeness (QED) is 0.760. The molecule has 2 saturated heterocycles. The molecule has 0 saturated carbocycles. The van der Waals surface area contributed by atoms with Gasteiger partial charge >= 0.3 is 0 Å². The van der Waals surface area contributed by atoms with E-state index in [9.17, 15) is 4.79 Å². The van der Waals surface area contributed by atoms with Crippen LogP contribution >= 0.6 is 0 Å². The molecule has 2 atom stereocenters. The van der Waals surface area contributed by atoms with Gasteiger partial charge in [-0.1, -0.05) is 13.3 Å². The van der Waals surface area contributed by atoms with E-state index < -0.39 is 0 Å². The van der Waals surface area contributed by atoms with Gasteiger partial charge < -0.3 is 10.6 Å². The van der Waals surface area contributed by atoms with Crippen LogP contribution in [0, 0.1) is 0 Å². The van der Waals surface area contributed by atoms with Crippen LogP contribution in [0.1, 0.15) is 39.0 Å². The molecule has 0 aromatic rings. The Morgan fingerprint density at radius 2 is 2.24 bits per heavy atom. The number of hydrogen-bond acceptors (Lipinski definition) is 3. The summed E-state index contributed by atoms with van der Waals surface area (Å²) in [5, 5.41) is 6.41. The van der Waals surface area contributed by atoms with Gasteiger partial charge in [0.05, 0.1) is 6.04 Å². The third-order valence-electron chi connectivity index (χ3n) is 4.04. The number of amides is 1. The number of rotatable bonds is 4. The Balaban J connectivity index is 1.71. The van der Waals surface area contributed by atoms with Crippen LogP contribution in [0.25, 0.3) is 0 Å². The Bertz CT molecular complexity index is 251. The number of nitrogens with zero attached hydrogens (tertiary/aromatic N) is 1. The van der Waals surface area contributed by atoms with Crippen molar-refractivity contribution in [3.8, 4) is 0 Å². The Morgan fingerprint density at radius 3 is 2.94 bits per heavy atom. The van der Waals surface area contributed by atoms with E-state index in [2.05, 4.69) is 22.5 Å². The van der Waals surface area contributed by atoms with E-state index in [0.29, 0.717) is 6.04 Å². The van der Waals surface area contributed by atoms with Crippen molar-refractivity contribution >= 4 is 5.91 Å². The van der Waals surface area contributed by atoms with Crippen molar-refractivity contribution in [3.05, 3.63) is 0 Å². The minimum absolute atomic E-state index is 0.0558. The zero-order valence-electron chi connectivity index (χ0n) is 10.9. The maximum atomic E-state index is 12.0. The van der Waals surface area contributed by atoms with E-state index in [1.165, 1.54) is 32.2 Å². The predicted molar refractivity (Wildman–Crippen MR) is 68.9 cm³/mol. The van der Waals surface area contributed by atoms with Crippen molar-refractivity contribution in [1.82, 2.24) is 15.5 Å². The lowest BCUT2D eigenvalue weighted by Crippen LogP contribution is -2.49. The average Bonchev–Trinajstić information content (AvgIpc) is 2.84. The summed E-state index contributed by atoms with van der Waals surface area (Å²) in [5.41, 5.74) is 0. The van der Waals surface area contributed by atoms with Crippen LogP contribution in [0.4, 0.5) is 0 Å². The molecule has 98 valence electrons. The lowest BCUT2D eigenvalue weighted by molar-refractivity contribution is -0.123. The smallest absolute Gasteiger partial charge is 0.237 e. The highest BCUT2D eigenvalue weighted by atomic mass is 16.2. The van der Waals surface area contributed by atoms with E-state index in [4.69, 9.17) is 0 Å².